The van der Waals surface area contributed by atoms with Crippen LogP contribution in [0.2, 0.25) is 0 Å². The fourth-order valence-electron chi connectivity index (χ4n) is 2.29. The summed E-state index contributed by atoms with van der Waals surface area (Å²) in [5.41, 5.74) is 1.07. The molecule has 1 aromatic carbocycles. The van der Waals surface area contributed by atoms with Crippen LogP contribution in [0.1, 0.15) is 26.2 Å². The smallest absolute Gasteiger partial charge is 0.115 e. The van der Waals surface area contributed by atoms with Crippen molar-refractivity contribution in [1.29, 1.82) is 0 Å². The maximum atomic E-state index is 9.18. The van der Waals surface area contributed by atoms with Gasteiger partial charge >= 0.3 is 0 Å². The Morgan fingerprint density at radius 3 is 2.81 bits per heavy atom. The van der Waals surface area contributed by atoms with Crippen LogP contribution < -0.4 is 10.6 Å². The van der Waals surface area contributed by atoms with Crippen LogP contribution in [0.25, 0.3) is 0 Å². The summed E-state index contributed by atoms with van der Waals surface area (Å²) >= 11 is 0. The Bertz CT molecular complexity index is 317. The average Bonchev–Trinajstić information content (AvgIpc) is 2.74. The first-order valence-electron chi connectivity index (χ1n) is 6.03. The molecule has 1 aliphatic rings. The first kappa shape index (κ1) is 11.3. The zero-order valence-electron chi connectivity index (χ0n) is 9.74. The molecular formula is C13H20N2O. The van der Waals surface area contributed by atoms with E-state index in [0.29, 0.717) is 17.8 Å². The summed E-state index contributed by atoms with van der Waals surface area (Å²) in [5, 5.41) is 16.1. The van der Waals surface area contributed by atoms with Gasteiger partial charge in [0, 0.05) is 17.8 Å². The Labute approximate surface area is 96.9 Å². The van der Waals surface area contributed by atoms with Gasteiger partial charge in [-0.2, -0.15) is 0 Å². The van der Waals surface area contributed by atoms with Crippen LogP contribution in [0.4, 0.5) is 5.69 Å². The molecule has 1 aromatic rings. The molecule has 2 rings (SSSR count). The van der Waals surface area contributed by atoms with Crippen LogP contribution >= 0.6 is 0 Å². The number of aromatic hydroxyl groups is 1. The number of hydrogen-bond donors (Lipinski definition) is 3. The molecule has 0 aromatic heterocycles. The van der Waals surface area contributed by atoms with Crippen molar-refractivity contribution in [3.05, 3.63) is 24.3 Å². The summed E-state index contributed by atoms with van der Waals surface area (Å²) in [6, 6.07) is 8.37. The van der Waals surface area contributed by atoms with Gasteiger partial charge in [-0.05, 0) is 57.0 Å². The summed E-state index contributed by atoms with van der Waals surface area (Å²) in [5.74, 6) is 0.315. The van der Waals surface area contributed by atoms with Gasteiger partial charge in [0.2, 0.25) is 0 Å². The molecule has 0 saturated carbocycles. The number of phenols is 1. The van der Waals surface area contributed by atoms with E-state index < -0.39 is 0 Å². The molecule has 0 radical (unpaired) electrons. The van der Waals surface area contributed by atoms with Gasteiger partial charge in [0.1, 0.15) is 5.75 Å². The summed E-state index contributed by atoms with van der Waals surface area (Å²) in [4.78, 5) is 0. The van der Waals surface area contributed by atoms with Gasteiger partial charge < -0.3 is 15.7 Å². The number of hydrogen-bond acceptors (Lipinski definition) is 3. The lowest BCUT2D eigenvalue weighted by atomic mass is 10.1. The number of anilines is 1. The number of benzene rings is 1. The van der Waals surface area contributed by atoms with Crippen molar-refractivity contribution in [2.75, 3.05) is 11.9 Å². The Morgan fingerprint density at radius 1 is 1.44 bits per heavy atom. The molecule has 1 fully saturated rings. The predicted molar refractivity (Wildman–Crippen MR) is 66.8 cm³/mol. The molecule has 0 spiro atoms. The quantitative estimate of drug-likeness (QED) is 0.682. The standard InChI is InChI=1S/C13H20N2O/c1-10(9-12-3-2-8-14-12)15-11-4-6-13(16)7-5-11/h4-7,10,12,14-16H,2-3,8-9H2,1H3. The van der Waals surface area contributed by atoms with Gasteiger partial charge in [0.15, 0.2) is 0 Å². The normalized spacial score (nSPS) is 21.9. The molecule has 16 heavy (non-hydrogen) atoms. The number of nitrogens with one attached hydrogen (secondary N) is 2. The minimum Gasteiger partial charge on any atom is -0.508 e. The highest BCUT2D eigenvalue weighted by Crippen LogP contribution is 2.17. The van der Waals surface area contributed by atoms with E-state index in [1.165, 1.54) is 12.8 Å². The maximum absolute atomic E-state index is 9.18. The lowest BCUT2D eigenvalue weighted by Gasteiger charge is -2.19. The third-order valence-corrected chi connectivity index (χ3v) is 3.08. The lowest BCUT2D eigenvalue weighted by molar-refractivity contribution is 0.475. The van der Waals surface area contributed by atoms with E-state index in [1.807, 2.05) is 12.1 Å². The molecule has 88 valence electrons. The molecule has 2 atom stereocenters. The largest absolute Gasteiger partial charge is 0.508 e. The second-order valence-corrected chi connectivity index (χ2v) is 4.62. The molecule has 0 aliphatic carbocycles. The molecule has 3 nitrogen and oxygen atoms in total. The van der Waals surface area contributed by atoms with Crippen molar-refractivity contribution in [2.45, 2.75) is 38.3 Å². The summed E-state index contributed by atoms with van der Waals surface area (Å²) in [6.07, 6.45) is 3.75. The van der Waals surface area contributed by atoms with Crippen LogP contribution in [0.15, 0.2) is 24.3 Å². The van der Waals surface area contributed by atoms with Crippen molar-refractivity contribution in [1.82, 2.24) is 5.32 Å². The van der Waals surface area contributed by atoms with E-state index in [0.717, 1.165) is 18.7 Å². The molecule has 1 aliphatic heterocycles. The maximum Gasteiger partial charge on any atom is 0.115 e. The number of rotatable bonds is 4. The first-order chi connectivity index (χ1) is 7.74. The van der Waals surface area contributed by atoms with Crippen molar-refractivity contribution in [3.63, 3.8) is 0 Å². The number of phenolic OH excluding ortho intramolecular Hbond substituents is 1. The molecule has 0 amide bonds. The van der Waals surface area contributed by atoms with Gasteiger partial charge in [-0.25, -0.2) is 0 Å². The fourth-order valence-corrected chi connectivity index (χ4v) is 2.29. The van der Waals surface area contributed by atoms with Gasteiger partial charge in [-0.1, -0.05) is 0 Å². The van der Waals surface area contributed by atoms with Gasteiger partial charge in [0.25, 0.3) is 0 Å². The van der Waals surface area contributed by atoms with E-state index in [9.17, 15) is 5.11 Å². The van der Waals surface area contributed by atoms with Crippen molar-refractivity contribution < 1.29 is 5.11 Å². The third-order valence-electron chi connectivity index (χ3n) is 3.08. The monoisotopic (exact) mass is 220 g/mol. The second-order valence-electron chi connectivity index (χ2n) is 4.62. The zero-order chi connectivity index (χ0) is 11.4. The minimum absolute atomic E-state index is 0.315. The molecule has 2 unspecified atom stereocenters. The van der Waals surface area contributed by atoms with E-state index in [1.54, 1.807) is 12.1 Å². The second kappa shape index (κ2) is 5.21. The van der Waals surface area contributed by atoms with Gasteiger partial charge in [-0.3, -0.25) is 0 Å². The fraction of sp³-hybridized carbons (Fsp3) is 0.538. The average molecular weight is 220 g/mol. The molecule has 3 heteroatoms. The highest BCUT2D eigenvalue weighted by molar-refractivity contribution is 5.46. The van der Waals surface area contributed by atoms with Gasteiger partial charge in [0.05, 0.1) is 0 Å². The van der Waals surface area contributed by atoms with Crippen molar-refractivity contribution in [2.24, 2.45) is 0 Å². The first-order valence-corrected chi connectivity index (χ1v) is 6.03. The van der Waals surface area contributed by atoms with Crippen LogP contribution in [-0.4, -0.2) is 23.7 Å². The van der Waals surface area contributed by atoms with Crippen molar-refractivity contribution >= 4 is 5.69 Å². The topological polar surface area (TPSA) is 44.3 Å². The molecule has 0 bridgehead atoms. The van der Waals surface area contributed by atoms with Crippen LogP contribution in [0.3, 0.4) is 0 Å². The van der Waals surface area contributed by atoms with E-state index in [2.05, 4.69) is 17.6 Å². The molecule has 1 saturated heterocycles. The Hall–Kier alpha value is -1.22. The van der Waals surface area contributed by atoms with Crippen molar-refractivity contribution in [3.8, 4) is 5.75 Å². The van der Waals surface area contributed by atoms with Crippen LogP contribution in [0.5, 0.6) is 5.75 Å². The summed E-state index contributed by atoms with van der Waals surface area (Å²) in [7, 11) is 0. The van der Waals surface area contributed by atoms with E-state index >= 15 is 0 Å². The molecule has 3 N–H and O–H groups in total. The predicted octanol–water partition coefficient (Wildman–Crippen LogP) is 2.33. The summed E-state index contributed by atoms with van der Waals surface area (Å²) in [6.45, 7) is 3.36. The zero-order valence-corrected chi connectivity index (χ0v) is 9.74. The molecular weight excluding hydrogens is 200 g/mol. The minimum atomic E-state index is 0.315. The Balaban J connectivity index is 1.81. The Kier molecular flexibility index (Phi) is 3.67. The van der Waals surface area contributed by atoms with Crippen LogP contribution in [0, 0.1) is 0 Å². The van der Waals surface area contributed by atoms with Crippen LogP contribution in [-0.2, 0) is 0 Å². The highest BCUT2D eigenvalue weighted by atomic mass is 16.3. The van der Waals surface area contributed by atoms with Gasteiger partial charge in [-0.15, -0.1) is 0 Å². The molecule has 1 heterocycles. The SMILES string of the molecule is CC(CC1CCCN1)Nc1ccc(O)cc1. The lowest BCUT2D eigenvalue weighted by Crippen LogP contribution is -2.29. The Morgan fingerprint density at radius 2 is 2.19 bits per heavy atom. The summed E-state index contributed by atoms with van der Waals surface area (Å²) < 4.78 is 0. The third kappa shape index (κ3) is 3.14. The highest BCUT2D eigenvalue weighted by Gasteiger charge is 2.16. The van der Waals surface area contributed by atoms with E-state index in [4.69, 9.17) is 0 Å². The van der Waals surface area contributed by atoms with E-state index in [-0.39, 0.29) is 0 Å².